The molecule has 1 aliphatic rings. The fourth-order valence-corrected chi connectivity index (χ4v) is 0.429. The maximum absolute atomic E-state index is 3.79. The molecule has 2 nitrogen and oxygen atoms in total. The van der Waals surface area contributed by atoms with Crippen LogP contribution in [0.15, 0.2) is 5.10 Å². The molecule has 0 saturated heterocycles. The van der Waals surface area contributed by atoms with Gasteiger partial charge in [0, 0.05) is 18.7 Å². The van der Waals surface area contributed by atoms with Crippen LogP contribution in [-0.2, 0) is 0 Å². The first-order valence-electron chi connectivity index (χ1n) is 2.15. The zero-order valence-corrected chi connectivity index (χ0v) is 3.81. The van der Waals surface area contributed by atoms with Crippen LogP contribution in [0.3, 0.4) is 0 Å². The first-order chi connectivity index (χ1) is 2.89. The van der Waals surface area contributed by atoms with E-state index in [-0.39, 0.29) is 0 Å². The van der Waals surface area contributed by atoms with Crippen molar-refractivity contribution in [2.45, 2.75) is 6.92 Å². The Labute approximate surface area is 37.2 Å². The molecular weight excluding hydrogens is 76.1 g/mol. The molecule has 1 heterocycles. The predicted octanol–water partition coefficient (Wildman–Crippen LogP) is 0.211. The summed E-state index contributed by atoms with van der Waals surface area (Å²) in [5, 5.41) is 3.79. The lowest BCUT2D eigenvalue weighted by atomic mass is 10.2. The van der Waals surface area contributed by atoms with E-state index in [0.717, 1.165) is 6.54 Å². The second-order valence-electron chi connectivity index (χ2n) is 1.62. The minimum absolute atomic E-state index is 0.644. The molecule has 34 valence electrons. The molecule has 0 fully saturated rings. The monoisotopic (exact) mass is 84.1 g/mol. The third-order valence-electron chi connectivity index (χ3n) is 0.834. The lowest BCUT2D eigenvalue weighted by molar-refractivity contribution is 0.710. The largest absolute Gasteiger partial charge is 0.310 e. The summed E-state index contributed by atoms with van der Waals surface area (Å²) in [6.45, 7) is 3.14. The smallest absolute Gasteiger partial charge is 0.0405 e. The maximum atomic E-state index is 3.79. The Morgan fingerprint density at radius 1 is 2.00 bits per heavy atom. The van der Waals surface area contributed by atoms with Crippen molar-refractivity contribution in [2.24, 2.45) is 11.0 Å². The Morgan fingerprint density at radius 2 is 2.83 bits per heavy atom. The second-order valence-corrected chi connectivity index (χ2v) is 1.62. The van der Waals surface area contributed by atoms with Gasteiger partial charge in [0.2, 0.25) is 0 Å². The van der Waals surface area contributed by atoms with E-state index in [9.17, 15) is 0 Å². The molecule has 0 bridgehead atoms. The van der Waals surface area contributed by atoms with Crippen molar-refractivity contribution in [3.8, 4) is 0 Å². The summed E-state index contributed by atoms with van der Waals surface area (Å²) in [5.74, 6) is 0.644. The molecule has 1 aliphatic heterocycles. The van der Waals surface area contributed by atoms with Gasteiger partial charge in [-0.1, -0.05) is 6.92 Å². The Bertz CT molecular complexity index is 67.9. The number of hydrogen-bond acceptors (Lipinski definition) is 2. The van der Waals surface area contributed by atoms with Crippen LogP contribution in [0.5, 0.6) is 0 Å². The highest BCUT2D eigenvalue weighted by molar-refractivity contribution is 5.61. The average molecular weight is 84.1 g/mol. The van der Waals surface area contributed by atoms with Gasteiger partial charge in [-0.25, -0.2) is 0 Å². The van der Waals surface area contributed by atoms with E-state index < -0.39 is 0 Å². The molecule has 1 rings (SSSR count). The van der Waals surface area contributed by atoms with Crippen LogP contribution in [0.4, 0.5) is 0 Å². The van der Waals surface area contributed by atoms with Crippen LogP contribution in [0.1, 0.15) is 6.92 Å². The third-order valence-corrected chi connectivity index (χ3v) is 0.834. The topological polar surface area (TPSA) is 24.4 Å². The van der Waals surface area contributed by atoms with Crippen molar-refractivity contribution < 1.29 is 0 Å². The maximum Gasteiger partial charge on any atom is 0.0405 e. The Balaban J connectivity index is 2.38. The standard InChI is InChI=1S/C4H8N2/c1-4-2-5-6-3-4/h2,4,6H,3H2,1H3/t4-/m0/s1. The SMILES string of the molecule is C[C@H]1C=NNC1. The van der Waals surface area contributed by atoms with Crippen LogP contribution in [-0.4, -0.2) is 12.8 Å². The van der Waals surface area contributed by atoms with Crippen LogP contribution in [0, 0.1) is 5.92 Å². The highest BCUT2D eigenvalue weighted by Gasteiger charge is 1.99. The molecule has 0 spiro atoms. The highest BCUT2D eigenvalue weighted by atomic mass is 15.3. The first kappa shape index (κ1) is 3.65. The summed E-state index contributed by atoms with van der Waals surface area (Å²) < 4.78 is 0. The van der Waals surface area contributed by atoms with E-state index in [4.69, 9.17) is 0 Å². The summed E-state index contributed by atoms with van der Waals surface area (Å²) in [4.78, 5) is 0. The molecular formula is C4H8N2. The molecule has 0 aromatic heterocycles. The zero-order chi connectivity index (χ0) is 4.41. The molecule has 0 aromatic rings. The lowest BCUT2D eigenvalue weighted by Gasteiger charge is -1.88. The molecule has 6 heavy (non-hydrogen) atoms. The fraction of sp³-hybridized carbons (Fsp3) is 0.750. The minimum atomic E-state index is 0.644. The van der Waals surface area contributed by atoms with Gasteiger partial charge < -0.3 is 5.43 Å². The van der Waals surface area contributed by atoms with Gasteiger partial charge in [-0.05, 0) is 0 Å². The van der Waals surface area contributed by atoms with Crippen molar-refractivity contribution >= 4 is 6.21 Å². The van der Waals surface area contributed by atoms with Gasteiger partial charge in [0.1, 0.15) is 0 Å². The quantitative estimate of drug-likeness (QED) is 0.446. The Morgan fingerprint density at radius 3 is 3.00 bits per heavy atom. The number of rotatable bonds is 0. The number of hydrogen-bond donors (Lipinski definition) is 1. The van der Waals surface area contributed by atoms with Crippen molar-refractivity contribution in [3.63, 3.8) is 0 Å². The van der Waals surface area contributed by atoms with Gasteiger partial charge in [0.15, 0.2) is 0 Å². The summed E-state index contributed by atoms with van der Waals surface area (Å²) in [5.41, 5.74) is 2.84. The van der Waals surface area contributed by atoms with Crippen LogP contribution >= 0.6 is 0 Å². The van der Waals surface area contributed by atoms with Gasteiger partial charge in [-0.2, -0.15) is 5.10 Å². The van der Waals surface area contributed by atoms with Crippen molar-refractivity contribution in [2.75, 3.05) is 6.54 Å². The molecule has 1 atom stereocenters. The molecule has 0 aliphatic carbocycles. The van der Waals surface area contributed by atoms with Crippen LogP contribution in [0.2, 0.25) is 0 Å². The number of hydrazone groups is 1. The van der Waals surface area contributed by atoms with Gasteiger partial charge in [0.25, 0.3) is 0 Å². The second kappa shape index (κ2) is 1.29. The van der Waals surface area contributed by atoms with Crippen LogP contribution in [0.25, 0.3) is 0 Å². The van der Waals surface area contributed by atoms with Gasteiger partial charge in [-0.15, -0.1) is 0 Å². The van der Waals surface area contributed by atoms with Crippen LogP contribution < -0.4 is 5.43 Å². The summed E-state index contributed by atoms with van der Waals surface area (Å²) in [6.07, 6.45) is 1.92. The molecule has 0 unspecified atom stereocenters. The van der Waals surface area contributed by atoms with E-state index in [2.05, 4.69) is 17.5 Å². The summed E-state index contributed by atoms with van der Waals surface area (Å²) >= 11 is 0. The molecule has 0 radical (unpaired) electrons. The average Bonchev–Trinajstić information content (AvgIpc) is 1.86. The van der Waals surface area contributed by atoms with Gasteiger partial charge in [0.05, 0.1) is 0 Å². The third kappa shape index (κ3) is 0.506. The van der Waals surface area contributed by atoms with Gasteiger partial charge >= 0.3 is 0 Å². The molecule has 1 N–H and O–H groups in total. The summed E-state index contributed by atoms with van der Waals surface area (Å²) in [7, 11) is 0. The van der Waals surface area contributed by atoms with E-state index >= 15 is 0 Å². The van der Waals surface area contributed by atoms with E-state index in [0.29, 0.717) is 5.92 Å². The molecule has 0 saturated carbocycles. The minimum Gasteiger partial charge on any atom is -0.310 e. The molecule has 0 aromatic carbocycles. The first-order valence-corrected chi connectivity index (χ1v) is 2.15. The van der Waals surface area contributed by atoms with E-state index in [1.807, 2.05) is 6.21 Å². The summed E-state index contributed by atoms with van der Waals surface area (Å²) in [6, 6.07) is 0. The van der Waals surface area contributed by atoms with Crippen molar-refractivity contribution in [3.05, 3.63) is 0 Å². The Kier molecular flexibility index (Phi) is 0.783. The highest BCUT2D eigenvalue weighted by Crippen LogP contribution is 1.90. The normalized spacial score (nSPS) is 30.5. The number of nitrogens with one attached hydrogen (secondary N) is 1. The van der Waals surface area contributed by atoms with Crippen molar-refractivity contribution in [1.29, 1.82) is 0 Å². The predicted molar refractivity (Wildman–Crippen MR) is 25.7 cm³/mol. The Hall–Kier alpha value is -0.530. The van der Waals surface area contributed by atoms with Crippen molar-refractivity contribution in [1.82, 2.24) is 5.43 Å². The molecule has 2 heteroatoms. The lowest BCUT2D eigenvalue weighted by Crippen LogP contribution is -2.05. The van der Waals surface area contributed by atoms with E-state index in [1.165, 1.54) is 0 Å². The van der Waals surface area contributed by atoms with Gasteiger partial charge in [-0.3, -0.25) is 0 Å². The fourth-order valence-electron chi connectivity index (χ4n) is 0.429. The molecule has 0 amide bonds. The number of nitrogens with zero attached hydrogens (tertiary/aromatic N) is 1. The zero-order valence-electron chi connectivity index (χ0n) is 3.81. The van der Waals surface area contributed by atoms with E-state index in [1.54, 1.807) is 0 Å².